The number of halogens is 1. The number of hydrogen-bond acceptors (Lipinski definition) is 6. The number of benzene rings is 2. The Bertz CT molecular complexity index is 914. The van der Waals surface area contributed by atoms with Crippen molar-refractivity contribution in [1.29, 1.82) is 0 Å². The summed E-state index contributed by atoms with van der Waals surface area (Å²) in [4.78, 5) is 24.1. The van der Waals surface area contributed by atoms with Crippen molar-refractivity contribution >= 4 is 40.6 Å². The van der Waals surface area contributed by atoms with Crippen molar-refractivity contribution in [1.82, 2.24) is 5.32 Å². The molecule has 2 aromatic rings. The molecule has 0 spiro atoms. The number of nitrogens with one attached hydrogen (secondary N) is 2. The number of rotatable bonds is 6. The minimum absolute atomic E-state index is 0.0326. The molecule has 2 amide bonds. The number of nitrogens with zero attached hydrogens (tertiary/aromatic N) is 2. The second kappa shape index (κ2) is 9.14. The highest BCUT2D eigenvalue weighted by atomic mass is 32.2. The first-order valence-corrected chi connectivity index (χ1v) is 9.19. The smallest absolute Gasteiger partial charge is 0.240 e. The molecule has 0 radical (unpaired) electrons. The zero-order valence-electron chi connectivity index (χ0n) is 14.9. The van der Waals surface area contributed by atoms with E-state index in [1.807, 2.05) is 12.1 Å². The summed E-state index contributed by atoms with van der Waals surface area (Å²) in [6, 6.07) is 12.7. The average Bonchev–Trinajstić information content (AvgIpc) is 3.03. The van der Waals surface area contributed by atoms with E-state index in [9.17, 15) is 14.0 Å². The van der Waals surface area contributed by atoms with Gasteiger partial charge < -0.3 is 15.4 Å². The van der Waals surface area contributed by atoms with E-state index < -0.39 is 5.25 Å². The summed E-state index contributed by atoms with van der Waals surface area (Å²) < 4.78 is 18.0. The summed E-state index contributed by atoms with van der Waals surface area (Å²) in [6.45, 7) is 0. The molecule has 1 saturated heterocycles. The Balaban J connectivity index is 1.53. The van der Waals surface area contributed by atoms with Gasteiger partial charge in [0.15, 0.2) is 5.17 Å². The number of amidine groups is 1. The number of methoxy groups -OCH3 is 1. The molecule has 144 valence electrons. The molecular formula is C19H17FN4O3S. The molecule has 1 atom stereocenters. The first-order valence-electron chi connectivity index (χ1n) is 8.31. The number of thioether (sulfide) groups is 1. The van der Waals surface area contributed by atoms with Crippen molar-refractivity contribution in [3.8, 4) is 5.75 Å². The Morgan fingerprint density at radius 3 is 2.64 bits per heavy atom. The highest BCUT2D eigenvalue weighted by Crippen LogP contribution is 2.23. The van der Waals surface area contributed by atoms with Crippen molar-refractivity contribution in [2.45, 2.75) is 11.7 Å². The van der Waals surface area contributed by atoms with E-state index in [-0.39, 0.29) is 24.1 Å². The fourth-order valence-electron chi connectivity index (χ4n) is 2.34. The predicted molar refractivity (Wildman–Crippen MR) is 107 cm³/mol. The van der Waals surface area contributed by atoms with Crippen molar-refractivity contribution in [3.05, 3.63) is 59.9 Å². The fourth-order valence-corrected chi connectivity index (χ4v) is 3.26. The summed E-state index contributed by atoms with van der Waals surface area (Å²) in [7, 11) is 1.59. The monoisotopic (exact) mass is 400 g/mol. The number of amides is 2. The van der Waals surface area contributed by atoms with Gasteiger partial charge in [-0.05, 0) is 54.1 Å². The molecule has 0 unspecified atom stereocenters. The minimum atomic E-state index is -0.601. The lowest BCUT2D eigenvalue weighted by atomic mass is 10.2. The number of anilines is 1. The second-order valence-corrected chi connectivity index (χ2v) is 6.97. The Hall–Kier alpha value is -3.20. The lowest BCUT2D eigenvalue weighted by molar-refractivity contribution is -0.122. The van der Waals surface area contributed by atoms with Crippen LogP contribution in [0.15, 0.2) is 58.7 Å². The van der Waals surface area contributed by atoms with Crippen molar-refractivity contribution in [3.63, 3.8) is 0 Å². The van der Waals surface area contributed by atoms with Gasteiger partial charge >= 0.3 is 0 Å². The first-order chi connectivity index (χ1) is 13.5. The van der Waals surface area contributed by atoms with Crippen LogP contribution in [0.2, 0.25) is 0 Å². The fraction of sp³-hybridized carbons (Fsp3) is 0.158. The van der Waals surface area contributed by atoms with Crippen LogP contribution in [0.25, 0.3) is 0 Å². The van der Waals surface area contributed by atoms with Crippen LogP contribution < -0.4 is 15.4 Å². The molecule has 9 heteroatoms. The van der Waals surface area contributed by atoms with Gasteiger partial charge in [0.25, 0.3) is 0 Å². The van der Waals surface area contributed by atoms with Gasteiger partial charge in [0.1, 0.15) is 16.8 Å². The summed E-state index contributed by atoms with van der Waals surface area (Å²) in [5.74, 6) is -0.302. The Morgan fingerprint density at radius 1 is 1.25 bits per heavy atom. The van der Waals surface area contributed by atoms with E-state index in [2.05, 4.69) is 20.8 Å². The van der Waals surface area contributed by atoms with E-state index in [1.54, 1.807) is 25.5 Å². The molecule has 7 nitrogen and oxygen atoms in total. The summed E-state index contributed by atoms with van der Waals surface area (Å²) >= 11 is 1.14. The SMILES string of the molecule is COc1ccc(/C=N\N=C2/NC(=O)[C@H](CC(=O)Nc3ccc(F)cc3)S2)cc1. The van der Waals surface area contributed by atoms with E-state index >= 15 is 0 Å². The van der Waals surface area contributed by atoms with Crippen LogP contribution in [-0.2, 0) is 9.59 Å². The standard InChI is InChI=1S/C19H17FN4O3S/c1-27-15-8-2-12(3-9-15)11-21-24-19-23-18(26)16(28-19)10-17(25)22-14-6-4-13(20)5-7-14/h2-9,11,16H,10H2,1H3,(H,22,25)(H,23,24,26)/b21-11-/t16-/m0/s1. The van der Waals surface area contributed by atoms with E-state index in [0.29, 0.717) is 10.9 Å². The number of carbonyl (C=O) groups is 2. The zero-order valence-corrected chi connectivity index (χ0v) is 15.7. The maximum absolute atomic E-state index is 12.9. The van der Waals surface area contributed by atoms with E-state index in [1.165, 1.54) is 24.3 Å². The van der Waals surface area contributed by atoms with Gasteiger partial charge in [0, 0.05) is 12.1 Å². The van der Waals surface area contributed by atoms with Gasteiger partial charge in [-0.15, -0.1) is 5.10 Å². The molecule has 1 aliphatic rings. The number of carbonyl (C=O) groups excluding carboxylic acids is 2. The molecule has 0 aromatic heterocycles. The highest BCUT2D eigenvalue weighted by Gasteiger charge is 2.32. The molecular weight excluding hydrogens is 383 g/mol. The zero-order chi connectivity index (χ0) is 19.9. The van der Waals surface area contributed by atoms with Crippen molar-refractivity contribution in [2.24, 2.45) is 10.2 Å². The van der Waals surface area contributed by atoms with Gasteiger partial charge in [-0.1, -0.05) is 11.8 Å². The molecule has 0 bridgehead atoms. The van der Waals surface area contributed by atoms with Gasteiger partial charge in [-0.3, -0.25) is 9.59 Å². The molecule has 1 heterocycles. The van der Waals surface area contributed by atoms with Crippen LogP contribution in [0.5, 0.6) is 5.75 Å². The number of hydrogen-bond donors (Lipinski definition) is 2. The van der Waals surface area contributed by atoms with Crippen LogP contribution >= 0.6 is 11.8 Å². The normalized spacial score (nSPS) is 17.7. The quantitative estimate of drug-likeness (QED) is 0.576. The minimum Gasteiger partial charge on any atom is -0.497 e. The summed E-state index contributed by atoms with van der Waals surface area (Å²) in [5, 5.41) is 12.9. The van der Waals surface area contributed by atoms with Gasteiger partial charge in [-0.25, -0.2) is 4.39 Å². The van der Waals surface area contributed by atoms with Crippen molar-refractivity contribution in [2.75, 3.05) is 12.4 Å². The van der Waals surface area contributed by atoms with Gasteiger partial charge in [-0.2, -0.15) is 5.10 Å². The Kier molecular flexibility index (Phi) is 6.38. The molecule has 0 aliphatic carbocycles. The third-order valence-corrected chi connectivity index (χ3v) is 4.82. The van der Waals surface area contributed by atoms with Gasteiger partial charge in [0.05, 0.1) is 13.3 Å². The Morgan fingerprint density at radius 2 is 1.96 bits per heavy atom. The maximum atomic E-state index is 12.9. The predicted octanol–water partition coefficient (Wildman–Crippen LogP) is 2.78. The maximum Gasteiger partial charge on any atom is 0.240 e. The molecule has 3 rings (SSSR count). The summed E-state index contributed by atoms with van der Waals surface area (Å²) in [6.07, 6.45) is 1.52. The lowest BCUT2D eigenvalue weighted by Gasteiger charge is -2.07. The first kappa shape index (κ1) is 19.6. The van der Waals surface area contributed by atoms with Crippen LogP contribution in [0.3, 0.4) is 0 Å². The second-order valence-electron chi connectivity index (χ2n) is 5.78. The molecule has 1 aliphatic heterocycles. The van der Waals surface area contributed by atoms with Crippen LogP contribution in [0, 0.1) is 5.82 Å². The molecule has 2 N–H and O–H groups in total. The van der Waals surface area contributed by atoms with Crippen LogP contribution in [0.1, 0.15) is 12.0 Å². The van der Waals surface area contributed by atoms with Crippen LogP contribution in [0.4, 0.5) is 10.1 Å². The molecule has 0 saturated carbocycles. The molecule has 1 fully saturated rings. The van der Waals surface area contributed by atoms with E-state index in [4.69, 9.17) is 4.74 Å². The highest BCUT2D eigenvalue weighted by molar-refractivity contribution is 8.15. The van der Waals surface area contributed by atoms with E-state index in [0.717, 1.165) is 23.1 Å². The molecule has 2 aromatic carbocycles. The van der Waals surface area contributed by atoms with Gasteiger partial charge in [0.2, 0.25) is 11.8 Å². The summed E-state index contributed by atoms with van der Waals surface area (Å²) in [5.41, 5.74) is 1.29. The third kappa shape index (κ3) is 5.40. The topological polar surface area (TPSA) is 92.2 Å². The number of ether oxygens (including phenoxy) is 1. The Labute approximate surface area is 165 Å². The molecule has 28 heavy (non-hydrogen) atoms. The lowest BCUT2D eigenvalue weighted by Crippen LogP contribution is -2.28. The van der Waals surface area contributed by atoms with Crippen LogP contribution in [-0.4, -0.2) is 35.6 Å². The largest absolute Gasteiger partial charge is 0.497 e. The average molecular weight is 400 g/mol. The third-order valence-electron chi connectivity index (χ3n) is 3.75. The van der Waals surface area contributed by atoms with Crippen molar-refractivity contribution < 1.29 is 18.7 Å².